The Morgan fingerprint density at radius 3 is 2.90 bits per heavy atom. The number of fused-ring (bicyclic) bond motifs is 1. The number of aryl methyl sites for hydroxylation is 2. The van der Waals surface area contributed by atoms with E-state index in [9.17, 15) is 0 Å². The maximum absolute atomic E-state index is 6.29. The minimum atomic E-state index is 0.535. The van der Waals surface area contributed by atoms with Gasteiger partial charge in [-0.05, 0) is 49.3 Å². The zero-order valence-corrected chi connectivity index (χ0v) is 13.0. The maximum atomic E-state index is 6.29. The van der Waals surface area contributed by atoms with E-state index in [0.717, 1.165) is 27.7 Å². The minimum Gasteiger partial charge on any atom is -0.361 e. The number of aromatic nitrogens is 1. The van der Waals surface area contributed by atoms with Crippen LogP contribution in [0.2, 0.25) is 5.02 Å². The molecule has 2 aromatic rings. The number of nitrogens with zero attached hydrogens (tertiary/aromatic N) is 1. The lowest BCUT2D eigenvalue weighted by Crippen LogP contribution is -2.32. The van der Waals surface area contributed by atoms with Crippen LogP contribution < -0.4 is 16.4 Å². The topological polar surface area (TPSA) is 63.0 Å². The summed E-state index contributed by atoms with van der Waals surface area (Å²) in [6.07, 6.45) is 1.72. The summed E-state index contributed by atoms with van der Waals surface area (Å²) < 4.78 is 0. The van der Waals surface area contributed by atoms with Crippen molar-refractivity contribution in [2.75, 3.05) is 18.4 Å². The summed E-state index contributed by atoms with van der Waals surface area (Å²) >= 11 is 11.5. The van der Waals surface area contributed by atoms with Crippen LogP contribution in [0.25, 0.3) is 10.9 Å². The second kappa shape index (κ2) is 6.35. The fourth-order valence-corrected chi connectivity index (χ4v) is 2.60. The molecule has 4 nitrogen and oxygen atoms in total. The van der Waals surface area contributed by atoms with Gasteiger partial charge in [-0.3, -0.25) is 4.98 Å². The average Bonchev–Trinajstić information content (AvgIpc) is 2.42. The molecule has 0 aliphatic heterocycles. The third kappa shape index (κ3) is 3.00. The number of anilines is 1. The number of nitrogens with one attached hydrogen (secondary N) is 2. The quantitative estimate of drug-likeness (QED) is 0.761. The number of halogens is 1. The Labute approximate surface area is 128 Å². The van der Waals surface area contributed by atoms with Crippen molar-refractivity contribution < 1.29 is 0 Å². The highest BCUT2D eigenvalue weighted by atomic mass is 35.5. The molecule has 0 atom stereocenters. The van der Waals surface area contributed by atoms with Gasteiger partial charge in [0.05, 0.1) is 10.5 Å². The van der Waals surface area contributed by atoms with Crippen LogP contribution in [0.4, 0.5) is 5.69 Å². The van der Waals surface area contributed by atoms with E-state index >= 15 is 0 Å². The summed E-state index contributed by atoms with van der Waals surface area (Å²) in [7, 11) is 0. The molecule has 0 saturated heterocycles. The van der Waals surface area contributed by atoms with Gasteiger partial charge in [0, 0.05) is 30.4 Å². The molecule has 1 heterocycles. The number of benzene rings is 1. The van der Waals surface area contributed by atoms with E-state index in [1.807, 2.05) is 19.9 Å². The van der Waals surface area contributed by atoms with Gasteiger partial charge in [-0.1, -0.05) is 11.6 Å². The second-order valence-corrected chi connectivity index (χ2v) is 5.37. The number of hydrogen-bond donors (Lipinski definition) is 3. The van der Waals surface area contributed by atoms with Crippen LogP contribution in [-0.4, -0.2) is 23.2 Å². The molecule has 6 heteroatoms. The smallest absolute Gasteiger partial charge is 0.170 e. The minimum absolute atomic E-state index is 0.535. The van der Waals surface area contributed by atoms with Crippen molar-refractivity contribution in [3.05, 3.63) is 34.5 Å². The van der Waals surface area contributed by atoms with Crippen molar-refractivity contribution in [1.82, 2.24) is 10.3 Å². The Hall–Kier alpha value is -1.43. The molecule has 1 aromatic carbocycles. The molecule has 4 N–H and O–H groups in total. The van der Waals surface area contributed by atoms with Crippen LogP contribution in [0.15, 0.2) is 18.3 Å². The largest absolute Gasteiger partial charge is 0.361 e. The molecular weight excluding hydrogens is 292 g/mol. The maximum Gasteiger partial charge on any atom is 0.170 e. The van der Waals surface area contributed by atoms with Gasteiger partial charge < -0.3 is 16.4 Å². The fraction of sp³-hybridized carbons (Fsp3) is 0.286. The number of pyridine rings is 1. The van der Waals surface area contributed by atoms with Gasteiger partial charge in [-0.15, -0.1) is 0 Å². The zero-order valence-electron chi connectivity index (χ0n) is 11.5. The van der Waals surface area contributed by atoms with Crippen molar-refractivity contribution >= 4 is 45.5 Å². The third-order valence-electron chi connectivity index (χ3n) is 3.09. The molecule has 0 unspecified atom stereocenters. The van der Waals surface area contributed by atoms with Gasteiger partial charge in [0.2, 0.25) is 0 Å². The van der Waals surface area contributed by atoms with E-state index < -0.39 is 0 Å². The predicted molar refractivity (Wildman–Crippen MR) is 89.5 cm³/mol. The summed E-state index contributed by atoms with van der Waals surface area (Å²) in [4.78, 5) is 4.40. The Morgan fingerprint density at radius 1 is 1.45 bits per heavy atom. The molecule has 0 aliphatic rings. The normalized spacial score (nSPS) is 10.6. The van der Waals surface area contributed by atoms with E-state index in [2.05, 4.69) is 15.6 Å². The van der Waals surface area contributed by atoms with Crippen LogP contribution in [-0.2, 0) is 0 Å². The highest BCUT2D eigenvalue weighted by Gasteiger charge is 2.11. The molecule has 0 amide bonds. The van der Waals surface area contributed by atoms with E-state index in [4.69, 9.17) is 29.6 Å². The molecule has 0 fully saturated rings. The zero-order chi connectivity index (χ0) is 14.7. The van der Waals surface area contributed by atoms with E-state index in [1.54, 1.807) is 12.3 Å². The van der Waals surface area contributed by atoms with Crippen molar-refractivity contribution in [3.8, 4) is 0 Å². The van der Waals surface area contributed by atoms with Crippen molar-refractivity contribution in [3.63, 3.8) is 0 Å². The van der Waals surface area contributed by atoms with Gasteiger partial charge in [0.25, 0.3) is 0 Å². The summed E-state index contributed by atoms with van der Waals surface area (Å²) in [6.45, 7) is 5.18. The van der Waals surface area contributed by atoms with Crippen LogP contribution in [0.1, 0.15) is 11.1 Å². The van der Waals surface area contributed by atoms with Crippen LogP contribution >= 0.6 is 23.8 Å². The van der Waals surface area contributed by atoms with Crippen LogP contribution in [0.5, 0.6) is 0 Å². The summed E-state index contributed by atoms with van der Waals surface area (Å²) in [5, 5.41) is 8.42. The standard InChI is InChI=1S/C14H17ClN4S/c1-8-7-11(19-14(20)18-6-4-16)9(2)12-10(15)3-5-17-13(8)12/h3,5,7H,4,6,16H2,1-2H3,(H2,18,19,20). The number of hydrogen-bond acceptors (Lipinski definition) is 3. The highest BCUT2D eigenvalue weighted by Crippen LogP contribution is 2.32. The van der Waals surface area contributed by atoms with E-state index in [0.29, 0.717) is 23.2 Å². The summed E-state index contributed by atoms with van der Waals surface area (Å²) in [5.74, 6) is 0. The molecule has 0 radical (unpaired) electrons. The van der Waals surface area contributed by atoms with Crippen molar-refractivity contribution in [1.29, 1.82) is 0 Å². The highest BCUT2D eigenvalue weighted by molar-refractivity contribution is 7.80. The van der Waals surface area contributed by atoms with Gasteiger partial charge in [0.15, 0.2) is 5.11 Å². The molecule has 0 bridgehead atoms. The molecule has 0 aliphatic carbocycles. The summed E-state index contributed by atoms with van der Waals surface area (Å²) in [6, 6.07) is 3.82. The van der Waals surface area contributed by atoms with Crippen LogP contribution in [0.3, 0.4) is 0 Å². The van der Waals surface area contributed by atoms with E-state index in [-0.39, 0.29) is 0 Å². The number of rotatable bonds is 3. The Morgan fingerprint density at radius 2 is 2.20 bits per heavy atom. The SMILES string of the molecule is Cc1cc(NC(=S)NCCN)c(C)c2c(Cl)ccnc12. The second-order valence-electron chi connectivity index (χ2n) is 4.55. The molecule has 20 heavy (non-hydrogen) atoms. The third-order valence-corrected chi connectivity index (χ3v) is 3.65. The number of thiocarbonyl (C=S) groups is 1. The fourth-order valence-electron chi connectivity index (χ4n) is 2.10. The predicted octanol–water partition coefficient (Wildman–Crippen LogP) is 2.75. The first kappa shape index (κ1) is 15.0. The first-order valence-electron chi connectivity index (χ1n) is 6.34. The Bertz CT molecular complexity index is 657. The lowest BCUT2D eigenvalue weighted by Gasteiger charge is -2.15. The van der Waals surface area contributed by atoms with Crippen molar-refractivity contribution in [2.45, 2.75) is 13.8 Å². The molecular formula is C14H17ClN4S. The average molecular weight is 309 g/mol. The molecule has 2 rings (SSSR count). The van der Waals surface area contributed by atoms with Gasteiger partial charge in [-0.2, -0.15) is 0 Å². The molecule has 1 aromatic heterocycles. The molecule has 106 valence electrons. The first-order valence-corrected chi connectivity index (χ1v) is 7.12. The van der Waals surface area contributed by atoms with Gasteiger partial charge >= 0.3 is 0 Å². The van der Waals surface area contributed by atoms with Gasteiger partial charge in [0.1, 0.15) is 0 Å². The van der Waals surface area contributed by atoms with Crippen LogP contribution in [0, 0.1) is 13.8 Å². The molecule has 0 spiro atoms. The van der Waals surface area contributed by atoms with Gasteiger partial charge in [-0.25, -0.2) is 0 Å². The Kier molecular flexibility index (Phi) is 4.75. The lowest BCUT2D eigenvalue weighted by atomic mass is 10.0. The molecule has 0 saturated carbocycles. The monoisotopic (exact) mass is 308 g/mol. The lowest BCUT2D eigenvalue weighted by molar-refractivity contribution is 0.883. The Balaban J connectivity index is 2.43. The van der Waals surface area contributed by atoms with Crippen molar-refractivity contribution in [2.24, 2.45) is 5.73 Å². The first-order chi connectivity index (χ1) is 9.54. The number of nitrogens with two attached hydrogens (primary N) is 1. The van der Waals surface area contributed by atoms with E-state index in [1.165, 1.54) is 0 Å². The summed E-state index contributed by atoms with van der Waals surface area (Å²) in [5.41, 5.74) is 9.37.